The number of fused-ring (bicyclic) bond motifs is 1. The van der Waals surface area contributed by atoms with Crippen LogP contribution in [0.3, 0.4) is 0 Å². The van der Waals surface area contributed by atoms with Gasteiger partial charge in [0.05, 0.1) is 0 Å². The maximum atomic E-state index is 11.5. The topological polar surface area (TPSA) is 44.9 Å². The van der Waals surface area contributed by atoms with E-state index in [4.69, 9.17) is 0 Å². The molecule has 3 heteroatoms. The van der Waals surface area contributed by atoms with E-state index in [2.05, 4.69) is 28.5 Å². The lowest BCUT2D eigenvalue weighted by atomic mass is 10.1. The minimum absolute atomic E-state index is 0.0641. The molecule has 3 rings (SSSR count). The predicted octanol–water partition coefficient (Wildman–Crippen LogP) is 2.87. The van der Waals surface area contributed by atoms with E-state index in [0.717, 1.165) is 23.2 Å². The largest absolute Gasteiger partial charge is 0.354 e. The molecule has 1 amide bonds. The Morgan fingerprint density at radius 3 is 2.94 bits per heavy atom. The van der Waals surface area contributed by atoms with Crippen LogP contribution < -0.4 is 5.32 Å². The van der Waals surface area contributed by atoms with E-state index in [1.54, 1.807) is 7.05 Å². The molecular weight excluding hydrogens is 224 g/mol. The van der Waals surface area contributed by atoms with Gasteiger partial charge in [0, 0.05) is 18.0 Å². The molecule has 0 spiro atoms. The first-order valence-electron chi connectivity index (χ1n) is 6.60. The van der Waals surface area contributed by atoms with Crippen LogP contribution in [0.15, 0.2) is 24.3 Å². The van der Waals surface area contributed by atoms with E-state index in [9.17, 15) is 4.79 Å². The van der Waals surface area contributed by atoms with Crippen molar-refractivity contribution >= 4 is 16.8 Å². The van der Waals surface area contributed by atoms with Crippen LogP contribution in [-0.2, 0) is 6.42 Å². The summed E-state index contributed by atoms with van der Waals surface area (Å²) in [5.41, 5.74) is 3.05. The van der Waals surface area contributed by atoms with Crippen LogP contribution in [0.5, 0.6) is 0 Å². The molecule has 1 aliphatic rings. The van der Waals surface area contributed by atoms with Crippen LogP contribution in [-0.4, -0.2) is 17.9 Å². The normalized spacial score (nSPS) is 14.9. The zero-order valence-electron chi connectivity index (χ0n) is 10.6. The molecule has 0 aliphatic heterocycles. The molecule has 1 heterocycles. The molecular formula is C15H18N2O. The Morgan fingerprint density at radius 1 is 1.39 bits per heavy atom. The van der Waals surface area contributed by atoms with E-state index in [0.29, 0.717) is 5.69 Å². The Kier molecular flexibility index (Phi) is 2.82. The van der Waals surface area contributed by atoms with E-state index >= 15 is 0 Å². The van der Waals surface area contributed by atoms with Crippen molar-refractivity contribution in [3.8, 4) is 0 Å². The molecule has 0 atom stereocenters. The van der Waals surface area contributed by atoms with Crippen LogP contribution in [0, 0.1) is 5.92 Å². The quantitative estimate of drug-likeness (QED) is 0.850. The third-order valence-corrected chi connectivity index (χ3v) is 3.70. The minimum Gasteiger partial charge on any atom is -0.354 e. The highest BCUT2D eigenvalue weighted by atomic mass is 16.1. The van der Waals surface area contributed by atoms with Crippen molar-refractivity contribution in [1.82, 2.24) is 10.3 Å². The van der Waals surface area contributed by atoms with Crippen LogP contribution in [0.4, 0.5) is 0 Å². The summed E-state index contributed by atoms with van der Waals surface area (Å²) in [6, 6.07) is 8.34. The van der Waals surface area contributed by atoms with Gasteiger partial charge in [-0.3, -0.25) is 4.79 Å². The molecule has 3 nitrogen and oxygen atoms in total. The zero-order valence-corrected chi connectivity index (χ0v) is 10.6. The monoisotopic (exact) mass is 242 g/mol. The van der Waals surface area contributed by atoms with E-state index in [-0.39, 0.29) is 5.91 Å². The Hall–Kier alpha value is -1.77. The van der Waals surface area contributed by atoms with Crippen LogP contribution in [0.2, 0.25) is 0 Å². The lowest BCUT2D eigenvalue weighted by Crippen LogP contribution is -2.17. The number of amides is 1. The second-order valence-corrected chi connectivity index (χ2v) is 5.17. The van der Waals surface area contributed by atoms with Gasteiger partial charge < -0.3 is 10.3 Å². The summed E-state index contributed by atoms with van der Waals surface area (Å²) in [5, 5.41) is 3.74. The number of hydrogen-bond acceptors (Lipinski definition) is 1. The van der Waals surface area contributed by atoms with Gasteiger partial charge in [-0.2, -0.15) is 0 Å². The molecule has 1 saturated carbocycles. The molecule has 94 valence electrons. The molecule has 1 fully saturated rings. The van der Waals surface area contributed by atoms with Gasteiger partial charge in [0.2, 0.25) is 0 Å². The van der Waals surface area contributed by atoms with E-state index < -0.39 is 0 Å². The second kappa shape index (κ2) is 4.48. The zero-order chi connectivity index (χ0) is 12.5. The average Bonchev–Trinajstić information content (AvgIpc) is 3.12. The number of rotatable bonds is 4. The van der Waals surface area contributed by atoms with Crippen molar-refractivity contribution in [1.29, 1.82) is 0 Å². The summed E-state index contributed by atoms with van der Waals surface area (Å²) in [6.07, 6.45) is 5.26. The molecule has 0 bridgehead atoms. The molecule has 0 radical (unpaired) electrons. The molecule has 18 heavy (non-hydrogen) atoms. The van der Waals surface area contributed by atoms with Crippen molar-refractivity contribution in [3.05, 3.63) is 35.5 Å². The highest BCUT2D eigenvalue weighted by Crippen LogP contribution is 2.33. The number of aromatic amines is 1. The van der Waals surface area contributed by atoms with Gasteiger partial charge in [-0.15, -0.1) is 0 Å². The van der Waals surface area contributed by atoms with Gasteiger partial charge in [-0.25, -0.2) is 0 Å². The molecule has 1 aromatic heterocycles. The summed E-state index contributed by atoms with van der Waals surface area (Å²) in [5.74, 6) is 0.900. The number of aryl methyl sites for hydroxylation is 1. The highest BCUT2D eigenvalue weighted by molar-refractivity contribution is 5.97. The first kappa shape index (κ1) is 11.3. The second-order valence-electron chi connectivity index (χ2n) is 5.17. The fourth-order valence-corrected chi connectivity index (χ4v) is 2.36. The number of H-pyrrole nitrogens is 1. The number of carbonyl (C=O) groups excluding carboxylic acids is 1. The Morgan fingerprint density at radius 2 is 2.22 bits per heavy atom. The van der Waals surface area contributed by atoms with Crippen LogP contribution in [0.25, 0.3) is 10.9 Å². The first-order valence-corrected chi connectivity index (χ1v) is 6.60. The SMILES string of the molecule is CNC(=O)c1cc2ccc(CCC3CC3)cc2[nH]1. The van der Waals surface area contributed by atoms with Crippen molar-refractivity contribution < 1.29 is 4.79 Å². The van der Waals surface area contributed by atoms with Gasteiger partial charge >= 0.3 is 0 Å². The van der Waals surface area contributed by atoms with Crippen LogP contribution in [0.1, 0.15) is 35.3 Å². The highest BCUT2D eigenvalue weighted by Gasteiger charge is 2.20. The molecule has 1 aliphatic carbocycles. The third-order valence-electron chi connectivity index (χ3n) is 3.70. The van der Waals surface area contributed by atoms with Gasteiger partial charge in [-0.1, -0.05) is 25.0 Å². The molecule has 0 unspecified atom stereocenters. The Balaban J connectivity index is 1.83. The summed E-state index contributed by atoms with van der Waals surface area (Å²) >= 11 is 0. The fourth-order valence-electron chi connectivity index (χ4n) is 2.36. The van der Waals surface area contributed by atoms with Crippen molar-refractivity contribution in [3.63, 3.8) is 0 Å². The maximum absolute atomic E-state index is 11.5. The predicted molar refractivity (Wildman–Crippen MR) is 72.7 cm³/mol. The standard InChI is InChI=1S/C15H18N2O/c1-16-15(18)14-9-12-7-6-11(8-13(12)17-14)5-4-10-2-3-10/h6-10,17H,2-5H2,1H3,(H,16,18). The number of benzene rings is 1. The van der Waals surface area contributed by atoms with Gasteiger partial charge in [-0.05, 0) is 36.5 Å². The van der Waals surface area contributed by atoms with Crippen molar-refractivity contribution in [2.45, 2.75) is 25.7 Å². The van der Waals surface area contributed by atoms with Crippen molar-refractivity contribution in [2.24, 2.45) is 5.92 Å². The average molecular weight is 242 g/mol. The number of hydrogen-bond donors (Lipinski definition) is 2. The summed E-state index contributed by atoms with van der Waals surface area (Å²) in [4.78, 5) is 14.7. The maximum Gasteiger partial charge on any atom is 0.267 e. The molecule has 1 aromatic carbocycles. The van der Waals surface area contributed by atoms with Gasteiger partial charge in [0.15, 0.2) is 0 Å². The summed E-state index contributed by atoms with van der Waals surface area (Å²) in [6.45, 7) is 0. The first-order chi connectivity index (χ1) is 8.76. The third kappa shape index (κ3) is 2.26. The molecule has 2 N–H and O–H groups in total. The Bertz CT molecular complexity index is 581. The number of nitrogens with one attached hydrogen (secondary N) is 2. The lowest BCUT2D eigenvalue weighted by molar-refractivity contribution is 0.0959. The summed E-state index contributed by atoms with van der Waals surface area (Å²) < 4.78 is 0. The number of carbonyl (C=O) groups is 1. The molecule has 0 saturated heterocycles. The lowest BCUT2D eigenvalue weighted by Gasteiger charge is -2.00. The van der Waals surface area contributed by atoms with Gasteiger partial charge in [0.25, 0.3) is 5.91 Å². The fraction of sp³-hybridized carbons (Fsp3) is 0.400. The smallest absolute Gasteiger partial charge is 0.267 e. The summed E-state index contributed by atoms with van der Waals surface area (Å²) in [7, 11) is 1.65. The minimum atomic E-state index is -0.0641. The molecule has 2 aromatic rings. The Labute approximate surface area is 107 Å². The van der Waals surface area contributed by atoms with E-state index in [1.807, 2.05) is 6.07 Å². The number of aromatic nitrogens is 1. The van der Waals surface area contributed by atoms with Crippen LogP contribution >= 0.6 is 0 Å². The van der Waals surface area contributed by atoms with E-state index in [1.165, 1.54) is 24.8 Å². The van der Waals surface area contributed by atoms with Gasteiger partial charge in [0.1, 0.15) is 5.69 Å². The van der Waals surface area contributed by atoms with Crippen molar-refractivity contribution in [2.75, 3.05) is 7.05 Å².